The predicted octanol–water partition coefficient (Wildman–Crippen LogP) is 3.29. The molecular weight excluding hydrogens is 210 g/mol. The summed E-state index contributed by atoms with van der Waals surface area (Å²) in [5, 5.41) is 3.71. The molecule has 1 aromatic carbocycles. The second-order valence-corrected chi connectivity index (χ2v) is 5.60. The van der Waals surface area contributed by atoms with E-state index in [9.17, 15) is 0 Å². The Morgan fingerprint density at radius 2 is 2.00 bits per heavy atom. The maximum Gasteiger partial charge on any atom is 0.0641 e. The van der Waals surface area contributed by atoms with Crippen LogP contribution in [0.3, 0.4) is 0 Å². The Labute approximate surface area is 104 Å². The summed E-state index contributed by atoms with van der Waals surface area (Å²) in [5.41, 5.74) is 1.38. The van der Waals surface area contributed by atoms with E-state index in [0.717, 1.165) is 19.4 Å². The fourth-order valence-corrected chi connectivity index (χ4v) is 2.57. The van der Waals surface area contributed by atoms with Gasteiger partial charge in [-0.05, 0) is 39.2 Å². The molecule has 1 aliphatic rings. The van der Waals surface area contributed by atoms with Gasteiger partial charge in [0.25, 0.3) is 0 Å². The molecule has 1 fully saturated rings. The minimum absolute atomic E-state index is 0.0202. The van der Waals surface area contributed by atoms with Crippen LogP contribution in [0.25, 0.3) is 0 Å². The Balaban J connectivity index is 1.93. The third kappa shape index (κ3) is 3.55. The van der Waals surface area contributed by atoms with Crippen LogP contribution in [0.15, 0.2) is 30.3 Å². The lowest BCUT2D eigenvalue weighted by atomic mass is 9.93. The highest BCUT2D eigenvalue weighted by Gasteiger charge is 2.29. The van der Waals surface area contributed by atoms with Crippen molar-refractivity contribution in [2.45, 2.75) is 51.3 Å². The number of benzene rings is 1. The van der Waals surface area contributed by atoms with Crippen LogP contribution < -0.4 is 5.32 Å². The topological polar surface area (TPSA) is 21.3 Å². The molecule has 1 aliphatic heterocycles. The first-order chi connectivity index (χ1) is 8.07. The van der Waals surface area contributed by atoms with Crippen LogP contribution in [-0.4, -0.2) is 18.2 Å². The van der Waals surface area contributed by atoms with Gasteiger partial charge in [0.1, 0.15) is 0 Å². The van der Waals surface area contributed by atoms with Gasteiger partial charge in [-0.25, -0.2) is 0 Å². The van der Waals surface area contributed by atoms with Gasteiger partial charge in [-0.3, -0.25) is 0 Å². The quantitative estimate of drug-likeness (QED) is 0.865. The van der Waals surface area contributed by atoms with Gasteiger partial charge in [0.15, 0.2) is 0 Å². The van der Waals surface area contributed by atoms with Gasteiger partial charge >= 0.3 is 0 Å². The van der Waals surface area contributed by atoms with Crippen LogP contribution >= 0.6 is 0 Å². The molecule has 2 rings (SSSR count). The second kappa shape index (κ2) is 5.19. The largest absolute Gasteiger partial charge is 0.375 e. The maximum atomic E-state index is 5.74. The lowest BCUT2D eigenvalue weighted by Gasteiger charge is -2.37. The second-order valence-electron chi connectivity index (χ2n) is 5.60. The third-order valence-corrected chi connectivity index (χ3v) is 3.48. The normalized spacial score (nSPS) is 25.5. The first-order valence-electron chi connectivity index (χ1n) is 6.52. The number of nitrogens with one attached hydrogen (secondary N) is 1. The van der Waals surface area contributed by atoms with Gasteiger partial charge in [-0.2, -0.15) is 0 Å². The van der Waals surface area contributed by atoms with E-state index in [1.807, 2.05) is 0 Å². The van der Waals surface area contributed by atoms with Crippen molar-refractivity contribution in [3.8, 4) is 0 Å². The standard InChI is InChI=1S/C15H23NO/c1-12(13-7-5-4-6-8-13)16-14-9-10-17-15(2,3)11-14/h4-8,12,14,16H,9-11H2,1-3H3. The van der Waals surface area contributed by atoms with Crippen LogP contribution in [0.2, 0.25) is 0 Å². The molecule has 94 valence electrons. The average Bonchev–Trinajstić information content (AvgIpc) is 2.29. The van der Waals surface area contributed by atoms with Gasteiger partial charge < -0.3 is 10.1 Å². The zero-order valence-electron chi connectivity index (χ0n) is 11.1. The Bertz CT molecular complexity index is 347. The summed E-state index contributed by atoms with van der Waals surface area (Å²) < 4.78 is 5.74. The fraction of sp³-hybridized carbons (Fsp3) is 0.600. The van der Waals surface area contributed by atoms with E-state index < -0.39 is 0 Å². The van der Waals surface area contributed by atoms with Gasteiger partial charge in [-0.1, -0.05) is 30.3 Å². The number of hydrogen-bond acceptors (Lipinski definition) is 2. The van der Waals surface area contributed by atoms with Gasteiger partial charge in [-0.15, -0.1) is 0 Å². The Morgan fingerprint density at radius 1 is 1.29 bits per heavy atom. The molecule has 2 unspecified atom stereocenters. The Kier molecular flexibility index (Phi) is 3.85. The highest BCUT2D eigenvalue weighted by Crippen LogP contribution is 2.25. The van der Waals surface area contributed by atoms with Crippen molar-refractivity contribution in [1.82, 2.24) is 5.32 Å². The fourth-order valence-electron chi connectivity index (χ4n) is 2.57. The van der Waals surface area contributed by atoms with E-state index in [0.29, 0.717) is 12.1 Å². The monoisotopic (exact) mass is 233 g/mol. The molecule has 1 aromatic rings. The first kappa shape index (κ1) is 12.6. The van der Waals surface area contributed by atoms with Crippen molar-refractivity contribution in [1.29, 1.82) is 0 Å². The van der Waals surface area contributed by atoms with Crippen molar-refractivity contribution in [2.75, 3.05) is 6.61 Å². The van der Waals surface area contributed by atoms with Crippen LogP contribution in [0.4, 0.5) is 0 Å². The summed E-state index contributed by atoms with van der Waals surface area (Å²) in [5.74, 6) is 0. The number of ether oxygens (including phenoxy) is 1. The average molecular weight is 233 g/mol. The van der Waals surface area contributed by atoms with Gasteiger partial charge in [0.2, 0.25) is 0 Å². The van der Waals surface area contributed by atoms with Crippen LogP contribution in [0.5, 0.6) is 0 Å². The zero-order chi connectivity index (χ0) is 12.3. The van der Waals surface area contributed by atoms with Crippen molar-refractivity contribution in [2.24, 2.45) is 0 Å². The smallest absolute Gasteiger partial charge is 0.0641 e. The van der Waals surface area contributed by atoms with Gasteiger partial charge in [0.05, 0.1) is 5.60 Å². The van der Waals surface area contributed by atoms with E-state index in [4.69, 9.17) is 4.74 Å². The molecule has 0 saturated carbocycles. The summed E-state index contributed by atoms with van der Waals surface area (Å²) >= 11 is 0. The van der Waals surface area contributed by atoms with Crippen LogP contribution in [0.1, 0.15) is 45.2 Å². The molecule has 2 heteroatoms. The van der Waals surface area contributed by atoms with Crippen molar-refractivity contribution < 1.29 is 4.74 Å². The van der Waals surface area contributed by atoms with E-state index >= 15 is 0 Å². The molecule has 0 radical (unpaired) electrons. The lowest BCUT2D eigenvalue weighted by molar-refractivity contribution is -0.0639. The minimum Gasteiger partial charge on any atom is -0.375 e. The van der Waals surface area contributed by atoms with Crippen molar-refractivity contribution in [3.05, 3.63) is 35.9 Å². The Hall–Kier alpha value is -0.860. The zero-order valence-corrected chi connectivity index (χ0v) is 11.1. The molecule has 1 N–H and O–H groups in total. The minimum atomic E-state index is 0.0202. The molecule has 0 amide bonds. The molecule has 0 spiro atoms. The van der Waals surface area contributed by atoms with E-state index in [1.165, 1.54) is 5.56 Å². The molecule has 1 heterocycles. The van der Waals surface area contributed by atoms with Gasteiger partial charge in [0, 0.05) is 18.7 Å². The molecule has 17 heavy (non-hydrogen) atoms. The number of rotatable bonds is 3. The molecular formula is C15H23NO. The molecule has 0 aromatic heterocycles. The SMILES string of the molecule is CC(NC1CCOC(C)(C)C1)c1ccccc1. The molecule has 0 aliphatic carbocycles. The Morgan fingerprint density at radius 3 is 2.65 bits per heavy atom. The molecule has 1 saturated heterocycles. The number of hydrogen-bond donors (Lipinski definition) is 1. The summed E-state index contributed by atoms with van der Waals surface area (Å²) in [4.78, 5) is 0. The highest BCUT2D eigenvalue weighted by atomic mass is 16.5. The van der Waals surface area contributed by atoms with E-state index in [1.54, 1.807) is 0 Å². The molecule has 0 bridgehead atoms. The summed E-state index contributed by atoms with van der Waals surface area (Å²) in [6.45, 7) is 7.45. The highest BCUT2D eigenvalue weighted by molar-refractivity contribution is 5.18. The van der Waals surface area contributed by atoms with Crippen molar-refractivity contribution >= 4 is 0 Å². The predicted molar refractivity (Wildman–Crippen MR) is 71.0 cm³/mol. The molecule has 2 nitrogen and oxygen atoms in total. The summed E-state index contributed by atoms with van der Waals surface area (Å²) in [7, 11) is 0. The third-order valence-electron chi connectivity index (χ3n) is 3.48. The van der Waals surface area contributed by atoms with E-state index in [2.05, 4.69) is 56.4 Å². The molecule has 2 atom stereocenters. The van der Waals surface area contributed by atoms with Crippen LogP contribution in [0, 0.1) is 0 Å². The summed E-state index contributed by atoms with van der Waals surface area (Å²) in [6, 6.07) is 11.6. The lowest BCUT2D eigenvalue weighted by Crippen LogP contribution is -2.44. The van der Waals surface area contributed by atoms with Crippen LogP contribution in [-0.2, 0) is 4.74 Å². The van der Waals surface area contributed by atoms with Crippen molar-refractivity contribution in [3.63, 3.8) is 0 Å². The summed E-state index contributed by atoms with van der Waals surface area (Å²) in [6.07, 6.45) is 2.20. The van der Waals surface area contributed by atoms with E-state index in [-0.39, 0.29) is 5.60 Å². The first-order valence-corrected chi connectivity index (χ1v) is 6.52. The maximum absolute atomic E-state index is 5.74.